The van der Waals surface area contributed by atoms with Gasteiger partial charge in [-0.05, 0) is 36.4 Å². The van der Waals surface area contributed by atoms with Gasteiger partial charge in [-0.25, -0.2) is 9.97 Å². The van der Waals surface area contributed by atoms with Gasteiger partial charge < -0.3 is 19.3 Å². The number of benzene rings is 2. The average Bonchev–Trinajstić information content (AvgIpc) is 2.93. The number of anilines is 2. The molecule has 2 aliphatic rings. The van der Waals surface area contributed by atoms with Crippen molar-refractivity contribution >= 4 is 55.9 Å². The number of fused-ring (bicyclic) bond motifs is 2. The number of aldehydes is 1. The summed E-state index contributed by atoms with van der Waals surface area (Å²) in [7, 11) is 0. The maximum atomic E-state index is 10.8. The van der Waals surface area contributed by atoms with Crippen molar-refractivity contribution in [2.45, 2.75) is 7.43 Å². The van der Waals surface area contributed by atoms with Gasteiger partial charge in [0.1, 0.15) is 17.9 Å². The molecule has 0 saturated carbocycles. The number of nitrogens with zero attached hydrogens (tertiary/aromatic N) is 6. The first kappa shape index (κ1) is 25.9. The summed E-state index contributed by atoms with van der Waals surface area (Å²) >= 11 is 3.45. The minimum absolute atomic E-state index is 0. The first-order chi connectivity index (χ1) is 17.2. The van der Waals surface area contributed by atoms with Gasteiger partial charge in [0.15, 0.2) is 0 Å². The van der Waals surface area contributed by atoms with Crippen LogP contribution in [0.1, 0.15) is 17.8 Å². The van der Waals surface area contributed by atoms with Crippen molar-refractivity contribution in [3.05, 3.63) is 58.8 Å². The van der Waals surface area contributed by atoms with Gasteiger partial charge in [0.05, 0.1) is 60.9 Å². The van der Waals surface area contributed by atoms with Crippen LogP contribution >= 0.6 is 15.9 Å². The topological polar surface area (TPSA) is 93.6 Å². The maximum Gasteiger partial charge on any atom is 0.150 e. The number of morpholine rings is 2. The Bertz CT molecular complexity index is 1330. The monoisotopic (exact) mass is 552 g/mol. The van der Waals surface area contributed by atoms with E-state index in [1.807, 2.05) is 30.5 Å². The second-order valence-corrected chi connectivity index (χ2v) is 9.07. The molecule has 2 aliphatic heterocycles. The number of ether oxygens (including phenoxy) is 2. The van der Waals surface area contributed by atoms with Crippen LogP contribution in [0.15, 0.2) is 53.3 Å². The van der Waals surface area contributed by atoms with Gasteiger partial charge in [0.25, 0.3) is 0 Å². The Hall–Kier alpha value is -3.21. The summed E-state index contributed by atoms with van der Waals surface area (Å²) in [5, 5.41) is 0. The van der Waals surface area contributed by atoms with Crippen LogP contribution in [0.2, 0.25) is 0 Å². The third-order valence-electron chi connectivity index (χ3n) is 5.85. The lowest BCUT2D eigenvalue weighted by Crippen LogP contribution is -2.36. The summed E-state index contributed by atoms with van der Waals surface area (Å²) in [6.45, 7) is 6.38. The van der Waals surface area contributed by atoms with Crippen LogP contribution in [0.3, 0.4) is 0 Å². The van der Waals surface area contributed by atoms with Gasteiger partial charge in [-0.1, -0.05) is 23.4 Å². The number of rotatable bonds is 3. The average molecular weight is 553 g/mol. The van der Waals surface area contributed by atoms with Crippen LogP contribution in [0, 0.1) is 0 Å². The van der Waals surface area contributed by atoms with E-state index in [0.717, 1.165) is 83.9 Å². The first-order valence-corrected chi connectivity index (χ1v) is 12.3. The van der Waals surface area contributed by atoms with E-state index in [4.69, 9.17) is 9.47 Å². The lowest BCUT2D eigenvalue weighted by atomic mass is 10.2. The predicted octanol–water partition coefficient (Wildman–Crippen LogP) is 4.14. The van der Waals surface area contributed by atoms with Crippen LogP contribution < -0.4 is 9.80 Å². The molecule has 0 radical (unpaired) electrons. The minimum atomic E-state index is 0. The fourth-order valence-corrected chi connectivity index (χ4v) is 4.31. The van der Waals surface area contributed by atoms with Crippen LogP contribution in [0.4, 0.5) is 11.6 Å². The number of carbonyl (C=O) groups is 1. The smallest absolute Gasteiger partial charge is 0.150 e. The van der Waals surface area contributed by atoms with E-state index in [1.54, 1.807) is 18.3 Å². The van der Waals surface area contributed by atoms with E-state index in [-0.39, 0.29) is 7.43 Å². The van der Waals surface area contributed by atoms with Gasteiger partial charge >= 0.3 is 0 Å². The lowest BCUT2D eigenvalue weighted by molar-refractivity contribution is 0.112. The van der Waals surface area contributed by atoms with E-state index in [9.17, 15) is 4.79 Å². The SMILES string of the molecule is Brc1ccc2ncc(N3CCOCC3)nc2c1.C.O=Cc1ccc2ncc(N3CCOCC3)nc2c1. The maximum absolute atomic E-state index is 10.8. The van der Waals surface area contributed by atoms with Gasteiger partial charge in [-0.15, -0.1) is 0 Å². The van der Waals surface area contributed by atoms with Crippen molar-refractivity contribution in [3.8, 4) is 0 Å². The van der Waals surface area contributed by atoms with Crippen molar-refractivity contribution < 1.29 is 14.3 Å². The van der Waals surface area contributed by atoms with Crippen LogP contribution in [-0.4, -0.2) is 78.8 Å². The Labute approximate surface area is 218 Å². The normalized spacial score (nSPS) is 15.7. The van der Waals surface area contributed by atoms with E-state index in [0.29, 0.717) is 18.8 Å². The van der Waals surface area contributed by atoms with Gasteiger partial charge in [-0.2, -0.15) is 0 Å². The molecule has 2 saturated heterocycles. The highest BCUT2D eigenvalue weighted by atomic mass is 79.9. The number of hydrogen-bond donors (Lipinski definition) is 0. The summed E-state index contributed by atoms with van der Waals surface area (Å²) < 4.78 is 11.7. The molecule has 2 aromatic heterocycles. The Morgan fingerprint density at radius 1 is 0.722 bits per heavy atom. The van der Waals surface area contributed by atoms with Crippen molar-refractivity contribution in [2.24, 2.45) is 0 Å². The lowest BCUT2D eigenvalue weighted by Gasteiger charge is -2.27. The Morgan fingerprint density at radius 3 is 1.75 bits per heavy atom. The molecule has 0 atom stereocenters. The number of halogens is 1. The molecule has 36 heavy (non-hydrogen) atoms. The molecule has 4 aromatic rings. The van der Waals surface area contributed by atoms with Gasteiger partial charge in [0.2, 0.25) is 0 Å². The molecule has 2 fully saturated rings. The third-order valence-corrected chi connectivity index (χ3v) is 6.34. The highest BCUT2D eigenvalue weighted by molar-refractivity contribution is 9.10. The summed E-state index contributed by atoms with van der Waals surface area (Å²) in [6, 6.07) is 11.3. The highest BCUT2D eigenvalue weighted by Gasteiger charge is 2.14. The molecule has 0 aliphatic carbocycles. The molecule has 2 aromatic carbocycles. The number of hydrogen-bond acceptors (Lipinski definition) is 9. The number of aromatic nitrogens is 4. The highest BCUT2D eigenvalue weighted by Crippen LogP contribution is 2.20. The van der Waals surface area contributed by atoms with Crippen LogP contribution in [0.5, 0.6) is 0 Å². The van der Waals surface area contributed by atoms with E-state index < -0.39 is 0 Å². The van der Waals surface area contributed by atoms with Crippen molar-refractivity contribution in [1.29, 1.82) is 0 Å². The standard InChI is InChI=1S/C13H13N3O2.C12H12BrN3O.CH4/c17-9-10-1-2-11-12(7-10)15-13(8-14-11)16-3-5-18-6-4-16;13-9-1-2-10-11(7-9)15-12(8-14-10)16-3-5-17-6-4-16;/h1-2,7-9H,3-6H2;1-2,7-8H,3-6H2;1H4. The molecule has 0 unspecified atom stereocenters. The second-order valence-electron chi connectivity index (χ2n) is 8.15. The van der Waals surface area contributed by atoms with Crippen molar-refractivity contribution in [3.63, 3.8) is 0 Å². The predicted molar refractivity (Wildman–Crippen MR) is 145 cm³/mol. The van der Waals surface area contributed by atoms with Crippen LogP contribution in [0.25, 0.3) is 22.1 Å². The molecule has 188 valence electrons. The summed E-state index contributed by atoms with van der Waals surface area (Å²) in [5.41, 5.74) is 4.02. The fraction of sp³-hybridized carbons (Fsp3) is 0.346. The quantitative estimate of drug-likeness (QED) is 0.347. The molecule has 4 heterocycles. The molecule has 0 N–H and O–H groups in total. The first-order valence-electron chi connectivity index (χ1n) is 11.5. The Morgan fingerprint density at radius 2 is 1.22 bits per heavy atom. The zero-order valence-electron chi connectivity index (χ0n) is 19.1. The molecule has 10 heteroatoms. The zero-order chi connectivity index (χ0) is 24.0. The van der Waals surface area contributed by atoms with Gasteiger partial charge in [-0.3, -0.25) is 14.8 Å². The molecule has 9 nitrogen and oxygen atoms in total. The Balaban J connectivity index is 0.000000165. The minimum Gasteiger partial charge on any atom is -0.378 e. The van der Waals surface area contributed by atoms with E-state index in [2.05, 4.69) is 45.7 Å². The van der Waals surface area contributed by atoms with E-state index >= 15 is 0 Å². The largest absolute Gasteiger partial charge is 0.378 e. The number of carbonyl (C=O) groups excluding carboxylic acids is 1. The molecular weight excluding hydrogens is 524 g/mol. The summed E-state index contributed by atoms with van der Waals surface area (Å²) in [6.07, 6.45) is 4.43. The van der Waals surface area contributed by atoms with Crippen molar-refractivity contribution in [2.75, 3.05) is 62.4 Å². The van der Waals surface area contributed by atoms with Gasteiger partial charge in [0, 0.05) is 36.2 Å². The molecule has 0 amide bonds. The summed E-state index contributed by atoms with van der Waals surface area (Å²) in [4.78, 5) is 33.1. The second kappa shape index (κ2) is 12.2. The molecule has 0 bridgehead atoms. The van der Waals surface area contributed by atoms with E-state index in [1.165, 1.54) is 0 Å². The molecular formula is C26H29BrN6O3. The van der Waals surface area contributed by atoms with Crippen molar-refractivity contribution in [1.82, 2.24) is 19.9 Å². The van der Waals surface area contributed by atoms with Crippen LogP contribution in [-0.2, 0) is 9.47 Å². The summed E-state index contributed by atoms with van der Waals surface area (Å²) in [5.74, 6) is 1.77. The Kier molecular flexibility index (Phi) is 8.74. The zero-order valence-corrected chi connectivity index (χ0v) is 20.7. The third kappa shape index (κ3) is 6.13. The fourth-order valence-electron chi connectivity index (χ4n) is 3.96. The molecule has 6 rings (SSSR count). The molecule has 0 spiro atoms.